The van der Waals surface area contributed by atoms with Crippen molar-refractivity contribution in [1.82, 2.24) is 10.2 Å². The smallest absolute Gasteiger partial charge is 0.0438 e. The van der Waals surface area contributed by atoms with Gasteiger partial charge in [-0.15, -0.1) is 24.8 Å². The van der Waals surface area contributed by atoms with Gasteiger partial charge in [-0.3, -0.25) is 4.90 Å². The second-order valence-electron chi connectivity index (χ2n) is 5.10. The van der Waals surface area contributed by atoms with Crippen LogP contribution in [-0.2, 0) is 0 Å². The van der Waals surface area contributed by atoms with Crippen LogP contribution in [0, 0.1) is 6.92 Å². The van der Waals surface area contributed by atoms with Gasteiger partial charge >= 0.3 is 0 Å². The van der Waals surface area contributed by atoms with Crippen LogP contribution in [0.15, 0.2) is 18.2 Å². The van der Waals surface area contributed by atoms with E-state index in [9.17, 15) is 0 Å². The van der Waals surface area contributed by atoms with Crippen molar-refractivity contribution in [3.63, 3.8) is 0 Å². The third-order valence-corrected chi connectivity index (χ3v) is 4.14. The number of halogens is 3. The van der Waals surface area contributed by atoms with Gasteiger partial charge in [0.15, 0.2) is 0 Å². The molecule has 2 rings (SSSR count). The maximum absolute atomic E-state index is 6.27. The highest BCUT2D eigenvalue weighted by atomic mass is 35.5. The minimum Gasteiger partial charge on any atom is -0.314 e. The Morgan fingerprint density at radius 3 is 2.45 bits per heavy atom. The second-order valence-corrected chi connectivity index (χ2v) is 5.51. The Kier molecular flexibility index (Phi) is 9.86. The molecule has 1 aliphatic rings. The van der Waals surface area contributed by atoms with Crippen LogP contribution >= 0.6 is 36.4 Å². The predicted molar refractivity (Wildman–Crippen MR) is 92.8 cm³/mol. The first-order chi connectivity index (χ1) is 8.72. The fourth-order valence-corrected chi connectivity index (χ4v) is 2.83. The first-order valence-electron chi connectivity index (χ1n) is 6.93. The van der Waals surface area contributed by atoms with Crippen molar-refractivity contribution in [3.8, 4) is 0 Å². The molecule has 116 valence electrons. The van der Waals surface area contributed by atoms with Crippen molar-refractivity contribution in [1.29, 1.82) is 0 Å². The van der Waals surface area contributed by atoms with E-state index in [1.165, 1.54) is 18.4 Å². The van der Waals surface area contributed by atoms with E-state index in [0.717, 1.165) is 36.8 Å². The van der Waals surface area contributed by atoms with Gasteiger partial charge in [0.25, 0.3) is 0 Å². The number of rotatable bonds is 4. The Morgan fingerprint density at radius 2 is 1.90 bits per heavy atom. The lowest BCUT2D eigenvalue weighted by atomic mass is 9.99. The number of hydrogen-bond donors (Lipinski definition) is 1. The van der Waals surface area contributed by atoms with E-state index in [-0.39, 0.29) is 24.8 Å². The predicted octanol–water partition coefficient (Wildman–Crippen LogP) is 4.24. The molecule has 1 saturated heterocycles. The Balaban J connectivity index is 0.00000180. The Hall–Kier alpha value is 0.01000. The number of nitrogens with zero attached hydrogens (tertiary/aromatic N) is 1. The van der Waals surface area contributed by atoms with E-state index in [1.807, 2.05) is 0 Å². The summed E-state index contributed by atoms with van der Waals surface area (Å²) in [5, 5.41) is 4.31. The summed E-state index contributed by atoms with van der Waals surface area (Å²) in [6.07, 6.45) is 2.42. The molecule has 0 saturated carbocycles. The van der Waals surface area contributed by atoms with Crippen LogP contribution in [-0.4, -0.2) is 31.1 Å². The molecule has 5 heteroatoms. The second kappa shape index (κ2) is 9.86. The highest BCUT2D eigenvalue weighted by Crippen LogP contribution is 2.29. The van der Waals surface area contributed by atoms with Crippen LogP contribution in [0.5, 0.6) is 0 Å². The fourth-order valence-electron chi connectivity index (χ4n) is 2.64. The summed E-state index contributed by atoms with van der Waals surface area (Å²) in [5.41, 5.74) is 2.53. The summed E-state index contributed by atoms with van der Waals surface area (Å²) < 4.78 is 0. The van der Waals surface area contributed by atoms with Gasteiger partial charge in [-0.1, -0.05) is 37.1 Å². The molecule has 1 aliphatic heterocycles. The lowest BCUT2D eigenvalue weighted by molar-refractivity contribution is 0.164. The van der Waals surface area contributed by atoms with Gasteiger partial charge in [0.2, 0.25) is 0 Å². The number of nitrogens with one attached hydrogen (secondary N) is 1. The van der Waals surface area contributed by atoms with E-state index in [4.69, 9.17) is 11.6 Å². The first-order valence-corrected chi connectivity index (χ1v) is 7.31. The Morgan fingerprint density at radius 1 is 1.25 bits per heavy atom. The summed E-state index contributed by atoms with van der Waals surface area (Å²) in [6.45, 7) is 8.78. The first kappa shape index (κ1) is 20.0. The molecule has 1 fully saturated rings. The molecular weight excluding hydrogens is 315 g/mol. The average molecular weight is 340 g/mol. The van der Waals surface area contributed by atoms with E-state index in [0.29, 0.717) is 6.04 Å². The van der Waals surface area contributed by atoms with E-state index < -0.39 is 0 Å². The van der Waals surface area contributed by atoms with Crippen molar-refractivity contribution < 1.29 is 0 Å². The standard InChI is InChI=1S/C15H23ClN2.2ClH/c1-3-4-15(18-9-7-17-8-10-18)13-6-5-12(2)14(16)11-13;;/h5-6,11,15,17H,3-4,7-10H2,1-2H3;2*1H/t15-;;/m0../s1. The van der Waals surface area contributed by atoms with Gasteiger partial charge in [-0.05, 0) is 30.5 Å². The van der Waals surface area contributed by atoms with Crippen LogP contribution in [0.2, 0.25) is 5.02 Å². The zero-order chi connectivity index (χ0) is 13.0. The summed E-state index contributed by atoms with van der Waals surface area (Å²) in [6, 6.07) is 7.06. The van der Waals surface area contributed by atoms with Gasteiger partial charge in [-0.2, -0.15) is 0 Å². The molecule has 0 bridgehead atoms. The molecule has 0 aromatic heterocycles. The van der Waals surface area contributed by atoms with Gasteiger partial charge in [0.05, 0.1) is 0 Å². The quantitative estimate of drug-likeness (QED) is 0.882. The molecule has 1 N–H and O–H groups in total. The van der Waals surface area contributed by atoms with Crippen LogP contribution in [0.4, 0.5) is 0 Å². The van der Waals surface area contributed by atoms with Crippen molar-refractivity contribution >= 4 is 36.4 Å². The maximum atomic E-state index is 6.27. The molecule has 1 atom stereocenters. The SMILES string of the molecule is CCC[C@@H](c1ccc(C)c(Cl)c1)N1CCNCC1.Cl.Cl. The fraction of sp³-hybridized carbons (Fsp3) is 0.600. The highest BCUT2D eigenvalue weighted by Gasteiger charge is 2.21. The molecule has 0 aliphatic carbocycles. The van der Waals surface area contributed by atoms with Gasteiger partial charge in [-0.25, -0.2) is 0 Å². The topological polar surface area (TPSA) is 15.3 Å². The minimum absolute atomic E-state index is 0. The van der Waals surface area contributed by atoms with Crippen molar-refractivity contribution in [3.05, 3.63) is 34.3 Å². The summed E-state index contributed by atoms with van der Waals surface area (Å²) in [7, 11) is 0. The zero-order valence-electron chi connectivity index (χ0n) is 12.2. The van der Waals surface area contributed by atoms with Crippen molar-refractivity contribution in [2.24, 2.45) is 0 Å². The monoisotopic (exact) mass is 338 g/mol. The van der Waals surface area contributed by atoms with Crippen LogP contribution < -0.4 is 5.32 Å². The Bertz CT molecular complexity index is 393. The van der Waals surface area contributed by atoms with Crippen molar-refractivity contribution in [2.45, 2.75) is 32.7 Å². The lowest BCUT2D eigenvalue weighted by Crippen LogP contribution is -2.45. The summed E-state index contributed by atoms with van der Waals surface area (Å²) >= 11 is 6.27. The van der Waals surface area contributed by atoms with E-state index >= 15 is 0 Å². The van der Waals surface area contributed by atoms with Gasteiger partial charge in [0.1, 0.15) is 0 Å². The Labute approximate surface area is 140 Å². The van der Waals surface area contributed by atoms with E-state index in [1.54, 1.807) is 0 Å². The number of aryl methyl sites for hydroxylation is 1. The largest absolute Gasteiger partial charge is 0.314 e. The zero-order valence-corrected chi connectivity index (χ0v) is 14.6. The molecule has 1 aromatic carbocycles. The minimum atomic E-state index is 0. The van der Waals surface area contributed by atoms with Crippen molar-refractivity contribution in [2.75, 3.05) is 26.2 Å². The van der Waals surface area contributed by atoms with Gasteiger partial charge in [0, 0.05) is 37.2 Å². The molecule has 20 heavy (non-hydrogen) atoms. The van der Waals surface area contributed by atoms with E-state index in [2.05, 4.69) is 42.3 Å². The molecule has 0 spiro atoms. The number of benzene rings is 1. The molecule has 2 nitrogen and oxygen atoms in total. The molecule has 1 heterocycles. The number of hydrogen-bond acceptors (Lipinski definition) is 2. The van der Waals surface area contributed by atoms with Crippen LogP contribution in [0.3, 0.4) is 0 Å². The highest BCUT2D eigenvalue weighted by molar-refractivity contribution is 6.31. The molecular formula is C15H25Cl3N2. The summed E-state index contributed by atoms with van der Waals surface area (Å²) in [5.74, 6) is 0. The maximum Gasteiger partial charge on any atom is 0.0438 e. The molecule has 0 radical (unpaired) electrons. The molecule has 0 unspecified atom stereocenters. The summed E-state index contributed by atoms with van der Waals surface area (Å²) in [4.78, 5) is 2.58. The van der Waals surface area contributed by atoms with Crippen LogP contribution in [0.25, 0.3) is 0 Å². The average Bonchev–Trinajstić information content (AvgIpc) is 2.40. The third kappa shape index (κ3) is 5.09. The molecule has 1 aromatic rings. The normalized spacial score (nSPS) is 16.9. The number of piperazine rings is 1. The lowest BCUT2D eigenvalue weighted by Gasteiger charge is -2.35. The van der Waals surface area contributed by atoms with Crippen LogP contribution in [0.1, 0.15) is 36.9 Å². The molecule has 0 amide bonds. The third-order valence-electron chi connectivity index (χ3n) is 3.74. The van der Waals surface area contributed by atoms with Gasteiger partial charge < -0.3 is 5.32 Å².